The van der Waals surface area contributed by atoms with Crippen molar-refractivity contribution in [3.05, 3.63) is 29.8 Å². The van der Waals surface area contributed by atoms with Crippen LogP contribution >= 0.6 is 0 Å². The smallest absolute Gasteiger partial charge is 0.418 e. The highest BCUT2D eigenvalue weighted by molar-refractivity contribution is 5.98. The van der Waals surface area contributed by atoms with Crippen LogP contribution in [-0.4, -0.2) is 23.0 Å². The number of alkyl halides is 3. The molecule has 0 radical (unpaired) electrons. The van der Waals surface area contributed by atoms with Crippen LogP contribution in [0.4, 0.5) is 18.9 Å². The average Bonchev–Trinajstić information content (AvgIpc) is 3.26. The Bertz CT molecular complexity index is 921. The Labute approximate surface area is 177 Å². The number of rotatable bonds is 6. The minimum absolute atomic E-state index is 0.182. The first-order valence-electron chi connectivity index (χ1n) is 10.0. The third-order valence-corrected chi connectivity index (χ3v) is 7.53. The van der Waals surface area contributed by atoms with Crippen LogP contribution in [0.3, 0.4) is 0 Å². The number of benzene rings is 1. The van der Waals surface area contributed by atoms with Gasteiger partial charge in [-0.1, -0.05) is 39.3 Å². The molecule has 7 nitrogen and oxygen atoms in total. The largest absolute Gasteiger partial charge is 0.481 e. The van der Waals surface area contributed by atoms with Gasteiger partial charge in [-0.3, -0.25) is 9.59 Å². The topological polar surface area (TPSA) is 119 Å². The summed E-state index contributed by atoms with van der Waals surface area (Å²) in [5, 5.41) is 12.1. The number of anilines is 1. The molecule has 0 aliphatic heterocycles. The fourth-order valence-corrected chi connectivity index (χ4v) is 6.34. The van der Waals surface area contributed by atoms with E-state index in [1.165, 1.54) is 12.1 Å². The monoisotopic (exact) mass is 442 g/mol. The standard InChI is InChI=1S/C21H25F3N2O5/c1-4-10-13(16(27)26-12-9-7-6-8-11(12)21(22,23)24)14-15(17(28)29)19(14,3)20(10,5-2)18(30)31-25/h6-10,13-15H,4-5,25H2,1-3H3,(H,26,27)(H,28,29). The fourth-order valence-electron chi connectivity index (χ4n) is 6.34. The van der Waals surface area contributed by atoms with Crippen molar-refractivity contribution >= 4 is 23.5 Å². The number of nitrogens with one attached hydrogen (secondary N) is 1. The average molecular weight is 442 g/mol. The molecule has 1 amide bonds. The fraction of sp³-hybridized carbons (Fsp3) is 0.571. The number of para-hydroxylation sites is 1. The number of hydrogen-bond donors (Lipinski definition) is 3. The van der Waals surface area contributed by atoms with Crippen LogP contribution in [0.25, 0.3) is 0 Å². The number of carbonyl (C=O) groups excluding carboxylic acids is 2. The maximum Gasteiger partial charge on any atom is 0.418 e. The lowest BCUT2D eigenvalue weighted by Gasteiger charge is -2.40. The summed E-state index contributed by atoms with van der Waals surface area (Å²) in [5.74, 6) is -0.907. The Balaban J connectivity index is 2.06. The van der Waals surface area contributed by atoms with E-state index in [1.807, 2.05) is 0 Å². The highest BCUT2D eigenvalue weighted by Gasteiger charge is 2.86. The van der Waals surface area contributed by atoms with Crippen LogP contribution in [0.5, 0.6) is 0 Å². The van der Waals surface area contributed by atoms with Crippen molar-refractivity contribution in [2.75, 3.05) is 5.32 Å². The van der Waals surface area contributed by atoms with Gasteiger partial charge in [-0.05, 0) is 30.4 Å². The van der Waals surface area contributed by atoms with Gasteiger partial charge in [0.1, 0.15) is 0 Å². The summed E-state index contributed by atoms with van der Waals surface area (Å²) in [6.45, 7) is 5.06. The van der Waals surface area contributed by atoms with Crippen LogP contribution in [0, 0.1) is 34.5 Å². The van der Waals surface area contributed by atoms with Crippen molar-refractivity contribution in [2.45, 2.75) is 39.8 Å². The van der Waals surface area contributed by atoms with Crippen LogP contribution in [-0.2, 0) is 25.4 Å². The Hall–Kier alpha value is -2.62. The van der Waals surface area contributed by atoms with E-state index in [9.17, 15) is 32.7 Å². The molecule has 10 heteroatoms. The van der Waals surface area contributed by atoms with Gasteiger partial charge in [-0.15, -0.1) is 0 Å². The number of carbonyl (C=O) groups is 3. The molecule has 2 aliphatic rings. The van der Waals surface area contributed by atoms with Gasteiger partial charge in [-0.2, -0.15) is 19.1 Å². The molecule has 0 bridgehead atoms. The lowest BCUT2D eigenvalue weighted by molar-refractivity contribution is -0.168. The van der Waals surface area contributed by atoms with Gasteiger partial charge in [0.2, 0.25) is 5.91 Å². The van der Waals surface area contributed by atoms with Crippen LogP contribution in [0.1, 0.15) is 39.2 Å². The molecule has 0 saturated heterocycles. The van der Waals surface area contributed by atoms with Crippen LogP contribution in [0.15, 0.2) is 24.3 Å². The van der Waals surface area contributed by atoms with E-state index in [4.69, 9.17) is 5.90 Å². The lowest BCUT2D eigenvalue weighted by Crippen LogP contribution is -2.48. The van der Waals surface area contributed by atoms with Crippen molar-refractivity contribution in [3.63, 3.8) is 0 Å². The zero-order valence-electron chi connectivity index (χ0n) is 17.3. The lowest BCUT2D eigenvalue weighted by atomic mass is 9.62. The van der Waals surface area contributed by atoms with Gasteiger partial charge >= 0.3 is 18.1 Å². The van der Waals surface area contributed by atoms with Crippen molar-refractivity contribution < 1.29 is 37.5 Å². The number of amides is 1. The van der Waals surface area contributed by atoms with E-state index in [0.29, 0.717) is 6.42 Å². The minimum atomic E-state index is -4.68. The number of carboxylic acids is 1. The van der Waals surface area contributed by atoms with Crippen LogP contribution in [0.2, 0.25) is 0 Å². The molecule has 6 atom stereocenters. The molecule has 0 spiro atoms. The van der Waals surface area contributed by atoms with Crippen molar-refractivity contribution in [1.82, 2.24) is 0 Å². The highest BCUT2D eigenvalue weighted by Crippen LogP contribution is 2.81. The SMILES string of the molecule is CCC1C(C(=O)Nc2ccccc2C(F)(F)F)C2C(C(=O)O)C2(C)C1(CC)C(=O)ON. The first-order chi connectivity index (χ1) is 14.4. The zero-order valence-corrected chi connectivity index (χ0v) is 17.3. The maximum atomic E-state index is 13.4. The van der Waals surface area contributed by atoms with Gasteiger partial charge in [0, 0.05) is 11.3 Å². The van der Waals surface area contributed by atoms with Crippen LogP contribution < -0.4 is 11.2 Å². The molecule has 1 aromatic rings. The summed E-state index contributed by atoms with van der Waals surface area (Å²) in [6.07, 6.45) is -4.18. The molecule has 31 heavy (non-hydrogen) atoms. The number of aliphatic carboxylic acids is 1. The van der Waals surface area contributed by atoms with E-state index in [2.05, 4.69) is 10.2 Å². The van der Waals surface area contributed by atoms with Gasteiger partial charge in [0.25, 0.3) is 0 Å². The second kappa shape index (κ2) is 7.51. The molecule has 4 N–H and O–H groups in total. The van der Waals surface area contributed by atoms with Crippen molar-refractivity contribution in [1.29, 1.82) is 0 Å². The van der Waals surface area contributed by atoms with Gasteiger partial charge < -0.3 is 15.3 Å². The predicted octanol–water partition coefficient (Wildman–Crippen LogP) is 3.45. The Morgan fingerprint density at radius 2 is 1.84 bits per heavy atom. The number of fused-ring (bicyclic) bond motifs is 1. The van der Waals surface area contributed by atoms with E-state index < -0.39 is 69.8 Å². The van der Waals surface area contributed by atoms with Crippen molar-refractivity contribution in [2.24, 2.45) is 40.4 Å². The molecule has 2 fully saturated rings. The molecule has 170 valence electrons. The summed E-state index contributed by atoms with van der Waals surface area (Å²) in [7, 11) is 0. The van der Waals surface area contributed by atoms with E-state index >= 15 is 0 Å². The first-order valence-corrected chi connectivity index (χ1v) is 10.0. The third kappa shape index (κ3) is 3.02. The summed E-state index contributed by atoms with van der Waals surface area (Å²) in [5.41, 5.74) is -3.86. The van der Waals surface area contributed by atoms with Gasteiger partial charge in [0.05, 0.1) is 22.6 Å². The molecule has 2 saturated carbocycles. The normalized spacial score (nSPS) is 34.0. The molecule has 0 heterocycles. The number of hydrogen-bond acceptors (Lipinski definition) is 5. The second-order valence-electron chi connectivity index (χ2n) is 8.43. The van der Waals surface area contributed by atoms with Crippen molar-refractivity contribution in [3.8, 4) is 0 Å². The number of nitrogens with two attached hydrogens (primary N) is 1. The maximum absolute atomic E-state index is 13.4. The predicted molar refractivity (Wildman–Crippen MR) is 103 cm³/mol. The summed E-state index contributed by atoms with van der Waals surface area (Å²) in [6, 6.07) is 4.56. The number of halogens is 3. The Morgan fingerprint density at radius 1 is 1.23 bits per heavy atom. The Morgan fingerprint density at radius 3 is 2.32 bits per heavy atom. The molecule has 3 rings (SSSR count). The van der Waals surface area contributed by atoms with E-state index in [0.717, 1.165) is 12.1 Å². The summed E-state index contributed by atoms with van der Waals surface area (Å²) in [4.78, 5) is 42.6. The minimum Gasteiger partial charge on any atom is -0.481 e. The number of carboxylic acid groups (broad SMARTS) is 1. The van der Waals surface area contributed by atoms with Gasteiger partial charge in [0.15, 0.2) is 0 Å². The quantitative estimate of drug-likeness (QED) is 0.581. The first kappa shape index (κ1) is 23.1. The summed E-state index contributed by atoms with van der Waals surface area (Å²) >= 11 is 0. The zero-order chi connectivity index (χ0) is 23.4. The molecule has 1 aromatic carbocycles. The van der Waals surface area contributed by atoms with E-state index in [1.54, 1.807) is 20.8 Å². The summed E-state index contributed by atoms with van der Waals surface area (Å²) < 4.78 is 40.1. The van der Waals surface area contributed by atoms with E-state index in [-0.39, 0.29) is 6.42 Å². The molecule has 2 aliphatic carbocycles. The molecular weight excluding hydrogens is 417 g/mol. The molecule has 0 aromatic heterocycles. The second-order valence-corrected chi connectivity index (χ2v) is 8.43. The van der Waals surface area contributed by atoms with Gasteiger partial charge in [-0.25, -0.2) is 4.79 Å². The highest BCUT2D eigenvalue weighted by atomic mass is 19.4. The Kier molecular flexibility index (Phi) is 5.58. The molecular formula is C21H25F3N2O5. The third-order valence-electron chi connectivity index (χ3n) is 7.53. The molecule has 6 unspecified atom stereocenters.